The molecule has 1 aliphatic carbocycles. The fourth-order valence-electron chi connectivity index (χ4n) is 2.41. The molecule has 1 aromatic rings. The Labute approximate surface area is 148 Å². The van der Waals surface area contributed by atoms with Gasteiger partial charge in [-0.1, -0.05) is 19.9 Å². The number of rotatable bonds is 4. The predicted molar refractivity (Wildman–Crippen MR) is 98.1 cm³/mol. The summed E-state index contributed by atoms with van der Waals surface area (Å²) in [6.45, 7) is 8.41. The molecule has 1 fully saturated rings. The van der Waals surface area contributed by atoms with Crippen LogP contribution in [0.4, 0.5) is 0 Å². The number of hydrogen-bond acceptors (Lipinski definition) is 3. The lowest BCUT2D eigenvalue weighted by atomic mass is 10.2. The lowest BCUT2D eigenvalue weighted by molar-refractivity contribution is 0.174. The van der Waals surface area contributed by atoms with Crippen molar-refractivity contribution in [3.8, 4) is 11.5 Å². The molecule has 1 aliphatic heterocycles. The molecule has 1 atom stereocenters. The molecule has 0 spiro atoms. The topological polar surface area (TPSA) is 54.9 Å². The molecule has 3 rings (SSSR count). The smallest absolute Gasteiger partial charge is 0.231 e. The van der Waals surface area contributed by atoms with Gasteiger partial charge in [-0.05, 0) is 36.5 Å². The predicted octanol–water partition coefficient (Wildman–Crippen LogP) is 2.89. The zero-order chi connectivity index (χ0) is 14.9. The zero-order valence-corrected chi connectivity index (χ0v) is 15.6. The van der Waals surface area contributed by atoms with Gasteiger partial charge in [0, 0.05) is 12.6 Å². The number of nitrogens with one attached hydrogen (secondary N) is 2. The Bertz CT molecular complexity index is 560. The lowest BCUT2D eigenvalue weighted by Gasteiger charge is -2.12. The molecule has 1 saturated carbocycles. The second-order valence-electron chi connectivity index (χ2n) is 6.27. The van der Waals surface area contributed by atoms with E-state index in [9.17, 15) is 0 Å². The minimum absolute atomic E-state index is 0. The first-order valence-corrected chi connectivity index (χ1v) is 7.52. The highest BCUT2D eigenvalue weighted by atomic mass is 127. The summed E-state index contributed by atoms with van der Waals surface area (Å²) in [5.41, 5.74) is 1.50. The molecule has 0 amide bonds. The van der Waals surface area contributed by atoms with E-state index in [0.29, 0.717) is 24.8 Å². The van der Waals surface area contributed by atoms with Crippen molar-refractivity contribution < 1.29 is 9.47 Å². The highest BCUT2D eigenvalue weighted by Gasteiger charge is 2.46. The third-order valence-corrected chi connectivity index (χ3v) is 4.03. The SMILES string of the molecule is CCNC(=NCc1ccc2c(c1)OCO2)NC1CC1(C)C.I. The van der Waals surface area contributed by atoms with Gasteiger partial charge in [-0.15, -0.1) is 24.0 Å². The van der Waals surface area contributed by atoms with Gasteiger partial charge in [0.2, 0.25) is 6.79 Å². The number of ether oxygens (including phenoxy) is 2. The molecule has 0 aromatic heterocycles. The first-order valence-electron chi connectivity index (χ1n) is 7.52. The van der Waals surface area contributed by atoms with E-state index < -0.39 is 0 Å². The number of hydrogen-bond donors (Lipinski definition) is 2. The largest absolute Gasteiger partial charge is 0.454 e. The average molecular weight is 417 g/mol. The van der Waals surface area contributed by atoms with Gasteiger partial charge in [-0.2, -0.15) is 0 Å². The fraction of sp³-hybridized carbons (Fsp3) is 0.562. The van der Waals surface area contributed by atoms with E-state index in [4.69, 9.17) is 9.47 Å². The molecule has 1 unspecified atom stereocenters. The summed E-state index contributed by atoms with van der Waals surface area (Å²) in [6.07, 6.45) is 1.20. The maximum atomic E-state index is 5.39. The van der Waals surface area contributed by atoms with Crippen LogP contribution < -0.4 is 20.1 Å². The lowest BCUT2D eigenvalue weighted by Crippen LogP contribution is -2.39. The molecule has 2 N–H and O–H groups in total. The van der Waals surface area contributed by atoms with Gasteiger partial charge in [0.05, 0.1) is 6.54 Å². The number of guanidine groups is 1. The van der Waals surface area contributed by atoms with Crippen molar-refractivity contribution in [2.24, 2.45) is 10.4 Å². The van der Waals surface area contributed by atoms with Gasteiger partial charge in [-0.3, -0.25) is 0 Å². The highest BCUT2D eigenvalue weighted by Crippen LogP contribution is 2.44. The van der Waals surface area contributed by atoms with Crippen LogP contribution in [0.1, 0.15) is 32.8 Å². The van der Waals surface area contributed by atoms with Crippen molar-refractivity contribution in [2.75, 3.05) is 13.3 Å². The maximum absolute atomic E-state index is 5.39. The molecular weight excluding hydrogens is 393 g/mol. The van der Waals surface area contributed by atoms with Crippen molar-refractivity contribution in [1.29, 1.82) is 0 Å². The Morgan fingerprint density at radius 1 is 1.32 bits per heavy atom. The molecule has 5 nitrogen and oxygen atoms in total. The van der Waals surface area contributed by atoms with Gasteiger partial charge in [0.15, 0.2) is 17.5 Å². The molecule has 1 heterocycles. The Morgan fingerprint density at radius 3 is 2.73 bits per heavy atom. The van der Waals surface area contributed by atoms with Gasteiger partial charge in [0.1, 0.15) is 0 Å². The molecule has 0 saturated heterocycles. The van der Waals surface area contributed by atoms with Crippen LogP contribution in [0.25, 0.3) is 0 Å². The number of nitrogens with zero attached hydrogens (tertiary/aromatic N) is 1. The van der Waals surface area contributed by atoms with Crippen molar-refractivity contribution in [1.82, 2.24) is 10.6 Å². The molecule has 0 radical (unpaired) electrons. The molecule has 6 heteroatoms. The van der Waals surface area contributed by atoms with Gasteiger partial charge in [0.25, 0.3) is 0 Å². The van der Waals surface area contributed by atoms with E-state index in [2.05, 4.69) is 36.4 Å². The molecule has 22 heavy (non-hydrogen) atoms. The fourth-order valence-corrected chi connectivity index (χ4v) is 2.41. The quantitative estimate of drug-likeness (QED) is 0.450. The first-order chi connectivity index (χ1) is 10.1. The summed E-state index contributed by atoms with van der Waals surface area (Å²) in [4.78, 5) is 4.65. The highest BCUT2D eigenvalue weighted by molar-refractivity contribution is 14.0. The summed E-state index contributed by atoms with van der Waals surface area (Å²) in [7, 11) is 0. The molecule has 1 aromatic carbocycles. The standard InChI is InChI=1S/C16H23N3O2.HI/c1-4-17-15(19-14-8-16(14,2)3)18-9-11-5-6-12-13(7-11)21-10-20-12;/h5-7,14H,4,8-10H2,1-3H3,(H2,17,18,19);1H. The number of benzene rings is 1. The monoisotopic (exact) mass is 417 g/mol. The van der Waals surface area contributed by atoms with E-state index in [1.54, 1.807) is 0 Å². The molecule has 122 valence electrons. The summed E-state index contributed by atoms with van der Waals surface area (Å²) in [5, 5.41) is 6.78. The second kappa shape index (κ2) is 6.93. The third kappa shape index (κ3) is 3.97. The number of aliphatic imine (C=N–C) groups is 1. The van der Waals surface area contributed by atoms with Crippen LogP contribution in [-0.2, 0) is 6.54 Å². The van der Waals surface area contributed by atoms with Crippen LogP contribution in [-0.4, -0.2) is 25.3 Å². The van der Waals surface area contributed by atoms with Crippen molar-refractivity contribution in [3.63, 3.8) is 0 Å². The Balaban J connectivity index is 0.00000176. The van der Waals surface area contributed by atoms with Crippen LogP contribution in [0, 0.1) is 5.41 Å². The Morgan fingerprint density at radius 2 is 2.05 bits per heavy atom. The van der Waals surface area contributed by atoms with Crippen molar-refractivity contribution >= 4 is 29.9 Å². The van der Waals surface area contributed by atoms with Crippen LogP contribution in [0.15, 0.2) is 23.2 Å². The summed E-state index contributed by atoms with van der Waals surface area (Å²) >= 11 is 0. The maximum Gasteiger partial charge on any atom is 0.231 e. The van der Waals surface area contributed by atoms with E-state index in [0.717, 1.165) is 29.6 Å². The van der Waals surface area contributed by atoms with Gasteiger partial charge in [-0.25, -0.2) is 4.99 Å². The molecule has 2 aliphatic rings. The normalized spacial score (nSPS) is 21.0. The molecular formula is C16H24IN3O2. The summed E-state index contributed by atoms with van der Waals surface area (Å²) in [6, 6.07) is 6.49. The number of fused-ring (bicyclic) bond motifs is 1. The third-order valence-electron chi connectivity index (χ3n) is 4.03. The zero-order valence-electron chi connectivity index (χ0n) is 13.3. The average Bonchev–Trinajstić information content (AvgIpc) is 2.87. The van der Waals surface area contributed by atoms with Crippen molar-refractivity contribution in [3.05, 3.63) is 23.8 Å². The Kier molecular flexibility index (Phi) is 5.41. The van der Waals surface area contributed by atoms with E-state index in [1.165, 1.54) is 6.42 Å². The van der Waals surface area contributed by atoms with Crippen LogP contribution in [0.2, 0.25) is 0 Å². The van der Waals surface area contributed by atoms with Gasteiger partial charge >= 0.3 is 0 Å². The van der Waals surface area contributed by atoms with Crippen LogP contribution >= 0.6 is 24.0 Å². The van der Waals surface area contributed by atoms with E-state index in [-0.39, 0.29) is 24.0 Å². The van der Waals surface area contributed by atoms with E-state index >= 15 is 0 Å². The van der Waals surface area contributed by atoms with Crippen LogP contribution in [0.5, 0.6) is 11.5 Å². The second-order valence-corrected chi connectivity index (χ2v) is 6.27. The summed E-state index contributed by atoms with van der Waals surface area (Å²) < 4.78 is 10.7. The Hall–Kier alpha value is -1.18. The van der Waals surface area contributed by atoms with Crippen molar-refractivity contribution in [2.45, 2.75) is 39.8 Å². The van der Waals surface area contributed by atoms with E-state index in [1.807, 2.05) is 18.2 Å². The van der Waals surface area contributed by atoms with Crippen LogP contribution in [0.3, 0.4) is 0 Å². The van der Waals surface area contributed by atoms with Gasteiger partial charge < -0.3 is 20.1 Å². The first kappa shape index (κ1) is 17.2. The minimum atomic E-state index is 0. The number of halogens is 1. The molecule has 0 bridgehead atoms. The summed E-state index contributed by atoms with van der Waals surface area (Å²) in [5.74, 6) is 2.50. The minimum Gasteiger partial charge on any atom is -0.454 e.